The molecule has 4 saturated heterocycles. The predicted molar refractivity (Wildman–Crippen MR) is 180 cm³/mol. The topological polar surface area (TPSA) is 128 Å². The maximum atomic E-state index is 12.9. The zero-order valence-corrected chi connectivity index (χ0v) is 27.3. The van der Waals surface area contributed by atoms with Gasteiger partial charge in [0, 0.05) is 48.2 Å². The van der Waals surface area contributed by atoms with Crippen molar-refractivity contribution < 1.29 is 19.1 Å². The quantitative estimate of drug-likeness (QED) is 0.395. The normalized spacial score (nSPS) is 24.1. The van der Waals surface area contributed by atoms with Gasteiger partial charge in [-0.15, -0.1) is 0 Å². The second-order valence-electron chi connectivity index (χ2n) is 13.1. The number of amides is 3. The van der Waals surface area contributed by atoms with Gasteiger partial charge in [0.25, 0.3) is 5.91 Å². The molecule has 47 heavy (non-hydrogen) atoms. The van der Waals surface area contributed by atoms with Crippen molar-refractivity contribution >= 4 is 35.2 Å². The van der Waals surface area contributed by atoms with Crippen LogP contribution in [0.15, 0.2) is 48.5 Å². The molecule has 13 heteroatoms. The van der Waals surface area contributed by atoms with Crippen molar-refractivity contribution in [2.45, 2.75) is 50.4 Å². The molecule has 1 aromatic heterocycles. The molecule has 2 aromatic carbocycles. The number of nitrogens with one attached hydrogen (secondary N) is 2. The summed E-state index contributed by atoms with van der Waals surface area (Å²) in [5.74, 6) is 1.94. The fourth-order valence-corrected chi connectivity index (χ4v) is 6.93. The van der Waals surface area contributed by atoms with Crippen molar-refractivity contribution in [1.82, 2.24) is 24.8 Å². The van der Waals surface area contributed by atoms with Gasteiger partial charge in [0.05, 0.1) is 44.6 Å². The van der Waals surface area contributed by atoms with E-state index in [1.807, 2.05) is 43.3 Å². The molecule has 3 aromatic rings. The highest BCUT2D eigenvalue weighted by atomic mass is 16.5. The molecule has 7 rings (SSSR count). The summed E-state index contributed by atoms with van der Waals surface area (Å²) in [6.07, 6.45) is 3.10. The van der Waals surface area contributed by atoms with E-state index in [4.69, 9.17) is 24.4 Å². The molecular weight excluding hydrogens is 598 g/mol. The molecule has 0 radical (unpaired) electrons. The molecule has 2 unspecified atom stereocenters. The second kappa shape index (κ2) is 13.4. The lowest BCUT2D eigenvalue weighted by Gasteiger charge is -2.36. The van der Waals surface area contributed by atoms with E-state index >= 15 is 0 Å². The molecule has 248 valence electrons. The number of carbonyl (C=O) groups excluding carboxylic acids is 2. The average molecular weight is 642 g/mol. The monoisotopic (exact) mass is 641 g/mol. The Bertz CT molecular complexity index is 1570. The molecule has 2 N–H and O–H groups in total. The van der Waals surface area contributed by atoms with Gasteiger partial charge in [0.1, 0.15) is 0 Å². The first-order chi connectivity index (χ1) is 22.8. The second-order valence-corrected chi connectivity index (χ2v) is 13.1. The van der Waals surface area contributed by atoms with Crippen molar-refractivity contribution in [3.63, 3.8) is 0 Å². The highest BCUT2D eigenvalue weighted by Gasteiger charge is 2.40. The van der Waals surface area contributed by atoms with E-state index in [-0.39, 0.29) is 30.1 Å². The maximum Gasteiger partial charge on any atom is 0.323 e. The molecule has 0 saturated carbocycles. The minimum absolute atomic E-state index is 0.0135. The van der Waals surface area contributed by atoms with Crippen LogP contribution in [0.25, 0.3) is 11.4 Å². The maximum absolute atomic E-state index is 12.9. The number of anilines is 4. The summed E-state index contributed by atoms with van der Waals surface area (Å²) >= 11 is 0. The van der Waals surface area contributed by atoms with Gasteiger partial charge in [-0.2, -0.15) is 15.0 Å². The van der Waals surface area contributed by atoms with Crippen LogP contribution in [-0.2, 0) is 9.47 Å². The lowest BCUT2D eigenvalue weighted by atomic mass is 10.2. The van der Waals surface area contributed by atoms with Gasteiger partial charge >= 0.3 is 6.03 Å². The van der Waals surface area contributed by atoms with Gasteiger partial charge in [-0.1, -0.05) is 0 Å². The predicted octanol–water partition coefficient (Wildman–Crippen LogP) is 3.55. The van der Waals surface area contributed by atoms with Crippen molar-refractivity contribution in [3.8, 4) is 11.4 Å². The van der Waals surface area contributed by atoms with E-state index in [1.54, 1.807) is 24.3 Å². The van der Waals surface area contributed by atoms with Crippen molar-refractivity contribution in [2.24, 2.45) is 0 Å². The number of hydrogen-bond donors (Lipinski definition) is 2. The van der Waals surface area contributed by atoms with E-state index in [2.05, 4.69) is 32.3 Å². The van der Waals surface area contributed by atoms with Crippen LogP contribution >= 0.6 is 0 Å². The summed E-state index contributed by atoms with van der Waals surface area (Å²) in [5, 5.41) is 5.75. The molecule has 13 nitrogen and oxygen atoms in total. The number of aromatic nitrogens is 3. The van der Waals surface area contributed by atoms with E-state index in [1.165, 1.54) is 0 Å². The number of benzene rings is 2. The lowest BCUT2D eigenvalue weighted by molar-refractivity contribution is 0.0783. The first-order valence-corrected chi connectivity index (χ1v) is 16.5. The Labute approximate surface area is 275 Å². The largest absolute Gasteiger partial charge is 0.377 e. The third kappa shape index (κ3) is 6.74. The molecule has 4 aliphatic rings. The number of likely N-dealkylation sites (N-methyl/N-ethyl adjacent to an activating group) is 1. The Morgan fingerprint density at radius 1 is 0.809 bits per heavy atom. The summed E-state index contributed by atoms with van der Waals surface area (Å²) < 4.78 is 11.5. The van der Waals surface area contributed by atoms with Crippen LogP contribution in [-0.4, -0.2) is 121 Å². The summed E-state index contributed by atoms with van der Waals surface area (Å²) in [4.78, 5) is 49.2. The van der Waals surface area contributed by atoms with Crippen molar-refractivity contribution in [3.05, 3.63) is 54.1 Å². The Balaban J connectivity index is 1.02. The first-order valence-electron chi connectivity index (χ1n) is 16.5. The Morgan fingerprint density at radius 3 is 2.11 bits per heavy atom. The zero-order chi connectivity index (χ0) is 32.5. The molecule has 5 heterocycles. The van der Waals surface area contributed by atoms with Crippen LogP contribution in [0.5, 0.6) is 0 Å². The van der Waals surface area contributed by atoms with E-state index < -0.39 is 0 Å². The lowest BCUT2D eigenvalue weighted by Crippen LogP contribution is -2.48. The van der Waals surface area contributed by atoms with Crippen LogP contribution < -0.4 is 20.4 Å². The van der Waals surface area contributed by atoms with Crippen molar-refractivity contribution in [1.29, 1.82) is 0 Å². The standard InChI is InChI=1S/C34H43N9O4/c1-22-19-46-17-16-42(22)32-37-30(38-33(39-32)43-28-12-13-29(43)21-47-20-28)23-4-8-25(9-5-23)35-34(45)36-26-10-6-24(7-11-26)31(44)41-15-14-27(18-41)40(2)3/h4-11,22,27-29H,12-21H2,1-3H3,(H2,35,36,45)/t22-,27+,28?,29?/m0/s1. The third-order valence-electron chi connectivity index (χ3n) is 9.68. The Morgan fingerprint density at radius 2 is 1.47 bits per heavy atom. The number of nitrogens with zero attached hydrogens (tertiary/aromatic N) is 7. The van der Waals surface area contributed by atoms with Crippen LogP contribution in [0.4, 0.5) is 28.1 Å². The van der Waals surface area contributed by atoms with Gasteiger partial charge in [0.15, 0.2) is 5.82 Å². The SMILES string of the molecule is C[C@H]1COCCN1c1nc(-c2ccc(NC(=O)Nc3ccc(C(=O)N4CC[C@@H](N(C)C)C4)cc3)cc2)nc(N2C3CCC2COC3)n1. The smallest absolute Gasteiger partial charge is 0.323 e. The number of likely N-dealkylation sites (tertiary alicyclic amines) is 1. The Hall–Kier alpha value is -4.33. The average Bonchev–Trinajstić information content (AvgIpc) is 3.67. The van der Waals surface area contributed by atoms with Crippen molar-refractivity contribution in [2.75, 3.05) is 80.6 Å². The van der Waals surface area contributed by atoms with E-state index in [0.29, 0.717) is 73.7 Å². The molecule has 4 aliphatic heterocycles. The third-order valence-corrected chi connectivity index (χ3v) is 9.68. The molecule has 2 bridgehead atoms. The van der Waals surface area contributed by atoms with E-state index in [9.17, 15) is 9.59 Å². The van der Waals surface area contributed by atoms with Gasteiger partial charge in [-0.25, -0.2) is 4.79 Å². The van der Waals surface area contributed by atoms with Gasteiger partial charge in [-0.05, 0) is 88.8 Å². The molecule has 4 atom stereocenters. The van der Waals surface area contributed by atoms with Crippen LogP contribution in [0.3, 0.4) is 0 Å². The zero-order valence-electron chi connectivity index (χ0n) is 27.3. The number of carbonyl (C=O) groups is 2. The fourth-order valence-electron chi connectivity index (χ4n) is 6.93. The number of rotatable bonds is 7. The minimum Gasteiger partial charge on any atom is -0.377 e. The van der Waals surface area contributed by atoms with Gasteiger partial charge in [0.2, 0.25) is 11.9 Å². The summed E-state index contributed by atoms with van der Waals surface area (Å²) in [6, 6.07) is 15.2. The highest BCUT2D eigenvalue weighted by Crippen LogP contribution is 2.34. The fraction of sp³-hybridized carbons (Fsp3) is 0.500. The van der Waals surface area contributed by atoms with Gasteiger partial charge in [-0.3, -0.25) is 4.79 Å². The highest BCUT2D eigenvalue weighted by molar-refractivity contribution is 6.00. The number of ether oxygens (including phenoxy) is 2. The van der Waals surface area contributed by atoms with Crippen LogP contribution in [0.1, 0.15) is 36.5 Å². The summed E-state index contributed by atoms with van der Waals surface area (Å²) in [6.45, 7) is 6.93. The van der Waals surface area contributed by atoms with Gasteiger partial charge < -0.3 is 39.7 Å². The number of urea groups is 1. The molecule has 3 amide bonds. The molecule has 0 aliphatic carbocycles. The van der Waals surface area contributed by atoms with Crippen LogP contribution in [0, 0.1) is 0 Å². The molecule has 0 spiro atoms. The minimum atomic E-state index is -0.376. The molecular formula is C34H43N9O4. The summed E-state index contributed by atoms with van der Waals surface area (Å²) in [7, 11) is 4.09. The number of hydrogen-bond acceptors (Lipinski definition) is 10. The van der Waals surface area contributed by atoms with Crippen LogP contribution in [0.2, 0.25) is 0 Å². The van der Waals surface area contributed by atoms with E-state index in [0.717, 1.165) is 37.9 Å². The summed E-state index contributed by atoms with van der Waals surface area (Å²) in [5.41, 5.74) is 2.67. The first kappa shape index (κ1) is 31.3. The number of morpholine rings is 2. The molecule has 4 fully saturated rings. The number of fused-ring (bicyclic) bond motifs is 2. The Kier molecular flexibility index (Phi) is 8.93.